The maximum atomic E-state index is 11.7. The molecule has 29 heavy (non-hydrogen) atoms. The number of hydrogen-bond donors (Lipinski definition) is 2. The second-order valence-electron chi connectivity index (χ2n) is 7.41. The first-order chi connectivity index (χ1) is 13.8. The standard InChI is InChI=1S/C21H28N4O3S/c1-15-10-17(6-8-19(15)29(3,26)27)11-24-21(22-2)25-13-18-7-9-20(23-12-18)28-14-16-4-5-16/h6-10,12,16H,4-5,11,13-14H2,1-3H3,(H2,22,24,25). The van der Waals surface area contributed by atoms with Gasteiger partial charge in [-0.15, -0.1) is 0 Å². The normalized spacial score (nSPS) is 14.5. The molecule has 2 aromatic rings. The van der Waals surface area contributed by atoms with E-state index in [1.165, 1.54) is 19.1 Å². The van der Waals surface area contributed by atoms with Gasteiger partial charge in [0.2, 0.25) is 5.88 Å². The van der Waals surface area contributed by atoms with Crippen molar-refractivity contribution in [2.75, 3.05) is 19.9 Å². The van der Waals surface area contributed by atoms with Gasteiger partial charge in [-0.05, 0) is 48.4 Å². The minimum absolute atomic E-state index is 0.362. The van der Waals surface area contributed by atoms with Crippen LogP contribution in [0.25, 0.3) is 0 Å². The van der Waals surface area contributed by atoms with Crippen LogP contribution in [0.1, 0.15) is 29.5 Å². The third-order valence-corrected chi connectivity index (χ3v) is 6.00. The van der Waals surface area contributed by atoms with E-state index in [0.29, 0.717) is 35.7 Å². The number of sulfone groups is 1. The first-order valence-corrected chi connectivity index (χ1v) is 11.6. The van der Waals surface area contributed by atoms with Gasteiger partial charge in [0.15, 0.2) is 15.8 Å². The first kappa shape index (κ1) is 21.1. The van der Waals surface area contributed by atoms with Crippen molar-refractivity contribution in [2.45, 2.75) is 37.8 Å². The summed E-state index contributed by atoms with van der Waals surface area (Å²) in [6.07, 6.45) is 5.54. The average Bonchev–Trinajstić information content (AvgIpc) is 3.51. The second-order valence-corrected chi connectivity index (χ2v) is 9.39. The van der Waals surface area contributed by atoms with Crippen LogP contribution < -0.4 is 15.4 Å². The predicted octanol–water partition coefficient (Wildman–Crippen LogP) is 2.45. The SMILES string of the molecule is CN=C(NCc1ccc(OCC2CC2)nc1)NCc1ccc(S(C)(=O)=O)c(C)c1. The Morgan fingerprint density at radius 1 is 1.17 bits per heavy atom. The molecule has 1 aliphatic rings. The van der Waals surface area contributed by atoms with E-state index in [9.17, 15) is 8.42 Å². The van der Waals surface area contributed by atoms with Crippen molar-refractivity contribution < 1.29 is 13.2 Å². The molecule has 1 aromatic heterocycles. The Morgan fingerprint density at radius 2 is 1.86 bits per heavy atom. The Balaban J connectivity index is 1.48. The number of aryl methyl sites for hydroxylation is 1. The summed E-state index contributed by atoms with van der Waals surface area (Å²) in [5.74, 6) is 2.03. The molecule has 1 heterocycles. The molecule has 0 amide bonds. The molecule has 156 valence electrons. The van der Waals surface area contributed by atoms with Gasteiger partial charge in [0.1, 0.15) is 0 Å². The fraction of sp³-hybridized carbons (Fsp3) is 0.429. The Kier molecular flexibility index (Phi) is 6.74. The lowest BCUT2D eigenvalue weighted by Crippen LogP contribution is -2.36. The van der Waals surface area contributed by atoms with Crippen LogP contribution in [0.2, 0.25) is 0 Å². The smallest absolute Gasteiger partial charge is 0.213 e. The van der Waals surface area contributed by atoms with Gasteiger partial charge in [0, 0.05) is 38.7 Å². The summed E-state index contributed by atoms with van der Waals surface area (Å²) in [7, 11) is -1.50. The molecule has 2 N–H and O–H groups in total. The molecule has 0 radical (unpaired) electrons. The highest BCUT2D eigenvalue weighted by Gasteiger charge is 2.22. The molecular formula is C21H28N4O3S. The topological polar surface area (TPSA) is 92.7 Å². The number of hydrogen-bond acceptors (Lipinski definition) is 5. The van der Waals surface area contributed by atoms with Crippen molar-refractivity contribution in [3.8, 4) is 5.88 Å². The van der Waals surface area contributed by atoms with E-state index in [4.69, 9.17) is 4.74 Å². The van der Waals surface area contributed by atoms with Crippen LogP contribution in [0, 0.1) is 12.8 Å². The van der Waals surface area contributed by atoms with Crippen LogP contribution in [-0.4, -0.2) is 39.3 Å². The number of aromatic nitrogens is 1. The first-order valence-electron chi connectivity index (χ1n) is 9.67. The Bertz CT molecular complexity index is 968. The molecule has 0 atom stereocenters. The van der Waals surface area contributed by atoms with E-state index in [0.717, 1.165) is 23.3 Å². The number of guanidine groups is 1. The monoisotopic (exact) mass is 416 g/mol. The van der Waals surface area contributed by atoms with Crippen LogP contribution in [-0.2, 0) is 22.9 Å². The maximum absolute atomic E-state index is 11.7. The van der Waals surface area contributed by atoms with E-state index < -0.39 is 9.84 Å². The van der Waals surface area contributed by atoms with Gasteiger partial charge < -0.3 is 15.4 Å². The van der Waals surface area contributed by atoms with Crippen molar-refractivity contribution >= 4 is 15.8 Å². The molecule has 1 saturated carbocycles. The third kappa shape index (κ3) is 6.45. The summed E-state index contributed by atoms with van der Waals surface area (Å²) in [6, 6.07) is 9.22. The van der Waals surface area contributed by atoms with Crippen LogP contribution in [0.3, 0.4) is 0 Å². The summed E-state index contributed by atoms with van der Waals surface area (Å²) in [5.41, 5.74) is 2.75. The summed E-state index contributed by atoms with van der Waals surface area (Å²) < 4.78 is 29.1. The number of nitrogens with zero attached hydrogens (tertiary/aromatic N) is 2. The van der Waals surface area contributed by atoms with Crippen molar-refractivity contribution in [1.29, 1.82) is 0 Å². The lowest BCUT2D eigenvalue weighted by atomic mass is 10.1. The molecule has 0 unspecified atom stereocenters. The van der Waals surface area contributed by atoms with Gasteiger partial charge in [-0.2, -0.15) is 0 Å². The third-order valence-electron chi connectivity index (χ3n) is 4.74. The van der Waals surface area contributed by atoms with Crippen LogP contribution in [0.5, 0.6) is 5.88 Å². The lowest BCUT2D eigenvalue weighted by Gasteiger charge is -2.13. The molecule has 0 aliphatic heterocycles. The number of nitrogens with one attached hydrogen (secondary N) is 2. The second kappa shape index (κ2) is 9.26. The molecule has 3 rings (SSSR count). The summed E-state index contributed by atoms with van der Waals surface area (Å²) in [6.45, 7) is 3.68. The average molecular weight is 417 g/mol. The van der Waals surface area contributed by atoms with Crippen molar-refractivity contribution in [2.24, 2.45) is 10.9 Å². The Hall–Kier alpha value is -2.61. The fourth-order valence-corrected chi connectivity index (χ4v) is 3.88. The molecule has 0 saturated heterocycles. The molecule has 0 bridgehead atoms. The van der Waals surface area contributed by atoms with Gasteiger partial charge in [-0.25, -0.2) is 13.4 Å². The molecule has 1 fully saturated rings. The van der Waals surface area contributed by atoms with Crippen LogP contribution in [0.15, 0.2) is 46.4 Å². The largest absolute Gasteiger partial charge is 0.477 e. The van der Waals surface area contributed by atoms with Crippen LogP contribution >= 0.6 is 0 Å². The van der Waals surface area contributed by atoms with E-state index >= 15 is 0 Å². The van der Waals surface area contributed by atoms with E-state index in [1.54, 1.807) is 26.2 Å². The molecule has 8 heteroatoms. The van der Waals surface area contributed by atoms with Gasteiger partial charge in [0.25, 0.3) is 0 Å². The van der Waals surface area contributed by atoms with E-state index in [-0.39, 0.29) is 0 Å². The van der Waals surface area contributed by atoms with Crippen molar-refractivity contribution in [1.82, 2.24) is 15.6 Å². The summed E-state index contributed by atoms with van der Waals surface area (Å²) >= 11 is 0. The summed E-state index contributed by atoms with van der Waals surface area (Å²) in [4.78, 5) is 8.93. The predicted molar refractivity (Wildman–Crippen MR) is 114 cm³/mol. The van der Waals surface area contributed by atoms with Gasteiger partial charge in [-0.1, -0.05) is 18.2 Å². The number of ether oxygens (including phenoxy) is 1. The highest BCUT2D eigenvalue weighted by atomic mass is 32.2. The molecule has 1 aliphatic carbocycles. The van der Waals surface area contributed by atoms with Gasteiger partial charge in [-0.3, -0.25) is 4.99 Å². The zero-order chi connectivity index (χ0) is 20.9. The minimum atomic E-state index is -3.20. The van der Waals surface area contributed by atoms with Gasteiger partial charge in [0.05, 0.1) is 11.5 Å². The molecular weight excluding hydrogens is 388 g/mol. The Labute approximate surface area is 172 Å². The molecule has 0 spiro atoms. The number of rotatable bonds is 8. The maximum Gasteiger partial charge on any atom is 0.213 e. The minimum Gasteiger partial charge on any atom is -0.477 e. The number of aliphatic imine (C=N–C) groups is 1. The van der Waals surface area contributed by atoms with Crippen LogP contribution in [0.4, 0.5) is 0 Å². The van der Waals surface area contributed by atoms with E-state index in [1.807, 2.05) is 24.3 Å². The molecule has 1 aromatic carbocycles. The number of pyridine rings is 1. The zero-order valence-electron chi connectivity index (χ0n) is 17.1. The summed E-state index contributed by atoms with van der Waals surface area (Å²) in [5, 5.41) is 6.48. The Morgan fingerprint density at radius 3 is 2.41 bits per heavy atom. The molecule has 7 nitrogen and oxygen atoms in total. The number of benzene rings is 1. The van der Waals surface area contributed by atoms with E-state index in [2.05, 4.69) is 20.6 Å². The van der Waals surface area contributed by atoms with Gasteiger partial charge >= 0.3 is 0 Å². The zero-order valence-corrected chi connectivity index (χ0v) is 17.9. The fourth-order valence-electron chi connectivity index (χ4n) is 2.92. The highest BCUT2D eigenvalue weighted by Crippen LogP contribution is 2.29. The van der Waals surface area contributed by atoms with Crippen molar-refractivity contribution in [3.63, 3.8) is 0 Å². The lowest BCUT2D eigenvalue weighted by molar-refractivity contribution is 0.288. The van der Waals surface area contributed by atoms with Crippen molar-refractivity contribution in [3.05, 3.63) is 53.2 Å². The quantitative estimate of drug-likeness (QED) is 0.507. The highest BCUT2D eigenvalue weighted by molar-refractivity contribution is 7.90.